The average Bonchev–Trinajstić information content (AvgIpc) is 2.46. The van der Waals surface area contributed by atoms with Gasteiger partial charge < -0.3 is 19.7 Å². The minimum atomic E-state index is -1.10. The van der Waals surface area contributed by atoms with Crippen molar-refractivity contribution in [2.24, 2.45) is 11.8 Å². The fourth-order valence-electron chi connectivity index (χ4n) is 2.98. The molecule has 1 heterocycles. The van der Waals surface area contributed by atoms with Crippen molar-refractivity contribution in [1.29, 1.82) is 0 Å². The Kier molecular flexibility index (Phi) is 4.58. The minimum Gasteiger partial charge on any atom is -0.550 e. The predicted molar refractivity (Wildman–Crippen MR) is 68.2 cm³/mol. The Morgan fingerprint density at radius 2 is 1.79 bits per heavy atom. The molecule has 0 radical (unpaired) electrons. The predicted octanol–water partition coefficient (Wildman–Crippen LogP) is -1.93. The minimum absolute atomic E-state index is 0.00583. The number of piperazine rings is 1. The van der Waals surface area contributed by atoms with Gasteiger partial charge >= 0.3 is 0 Å². The molecule has 5 nitrogen and oxygen atoms in total. The molecule has 1 amide bonds. The fourth-order valence-corrected chi connectivity index (χ4v) is 2.98. The van der Waals surface area contributed by atoms with E-state index in [-0.39, 0.29) is 5.91 Å². The zero-order valence-electron chi connectivity index (χ0n) is 11.4. The number of aliphatic carboxylic acids is 1. The number of carboxylic acids is 1. The van der Waals surface area contributed by atoms with E-state index in [4.69, 9.17) is 0 Å². The summed E-state index contributed by atoms with van der Waals surface area (Å²) >= 11 is 0. The highest BCUT2D eigenvalue weighted by molar-refractivity contribution is 5.84. The maximum absolute atomic E-state index is 12.5. The quantitative estimate of drug-likeness (QED) is 0.605. The summed E-state index contributed by atoms with van der Waals surface area (Å²) < 4.78 is 0. The highest BCUT2D eigenvalue weighted by Gasteiger charge is 2.34. The SMILES string of the molecule is CC[NH+]1CCN(C(=O)[C@@H]2CC=CC[C@H]2C(=O)[O-])CC1. The molecule has 1 N–H and O–H groups in total. The van der Waals surface area contributed by atoms with Gasteiger partial charge in [0.1, 0.15) is 0 Å². The van der Waals surface area contributed by atoms with Gasteiger partial charge in [-0.3, -0.25) is 4.79 Å². The van der Waals surface area contributed by atoms with Gasteiger partial charge in [-0.2, -0.15) is 0 Å². The zero-order valence-corrected chi connectivity index (χ0v) is 11.4. The first kappa shape index (κ1) is 14.1. The third kappa shape index (κ3) is 3.15. The van der Waals surface area contributed by atoms with Crippen LogP contribution in [0.4, 0.5) is 0 Å². The lowest BCUT2D eigenvalue weighted by atomic mass is 9.82. The van der Waals surface area contributed by atoms with E-state index < -0.39 is 17.8 Å². The molecule has 0 aromatic carbocycles. The molecule has 19 heavy (non-hydrogen) atoms. The number of likely N-dealkylation sites (N-methyl/N-ethyl adjacent to an activating group) is 1. The monoisotopic (exact) mass is 266 g/mol. The fraction of sp³-hybridized carbons (Fsp3) is 0.714. The van der Waals surface area contributed by atoms with Gasteiger partial charge in [-0.25, -0.2) is 0 Å². The molecule has 0 bridgehead atoms. The van der Waals surface area contributed by atoms with Crippen molar-refractivity contribution < 1.29 is 19.6 Å². The zero-order chi connectivity index (χ0) is 13.8. The molecule has 1 aliphatic heterocycles. The average molecular weight is 266 g/mol. The topological polar surface area (TPSA) is 64.9 Å². The summed E-state index contributed by atoms with van der Waals surface area (Å²) in [5.41, 5.74) is 0. The van der Waals surface area contributed by atoms with Gasteiger partial charge in [0.2, 0.25) is 5.91 Å². The van der Waals surface area contributed by atoms with Crippen molar-refractivity contribution in [2.45, 2.75) is 19.8 Å². The maximum atomic E-state index is 12.5. The van der Waals surface area contributed by atoms with E-state index in [9.17, 15) is 14.7 Å². The van der Waals surface area contributed by atoms with Crippen LogP contribution < -0.4 is 10.0 Å². The van der Waals surface area contributed by atoms with Gasteiger partial charge in [0.15, 0.2) is 0 Å². The Morgan fingerprint density at radius 1 is 1.21 bits per heavy atom. The number of hydrogen-bond donors (Lipinski definition) is 1. The summed E-state index contributed by atoms with van der Waals surface area (Å²) in [4.78, 5) is 26.9. The number of allylic oxidation sites excluding steroid dienone is 2. The van der Waals surface area contributed by atoms with Crippen LogP contribution in [0.25, 0.3) is 0 Å². The lowest BCUT2D eigenvalue weighted by Gasteiger charge is -2.36. The van der Waals surface area contributed by atoms with Crippen molar-refractivity contribution in [3.63, 3.8) is 0 Å². The molecule has 5 heteroatoms. The number of hydrogen-bond acceptors (Lipinski definition) is 3. The smallest absolute Gasteiger partial charge is 0.227 e. The van der Waals surface area contributed by atoms with E-state index in [0.29, 0.717) is 12.8 Å². The molecule has 2 aliphatic rings. The van der Waals surface area contributed by atoms with Crippen molar-refractivity contribution in [1.82, 2.24) is 4.90 Å². The van der Waals surface area contributed by atoms with Gasteiger partial charge in [0.05, 0.1) is 32.7 Å². The summed E-state index contributed by atoms with van der Waals surface area (Å²) in [5, 5.41) is 11.1. The first-order valence-electron chi connectivity index (χ1n) is 7.11. The summed E-state index contributed by atoms with van der Waals surface area (Å²) in [6.07, 6.45) is 4.69. The third-order valence-corrected chi connectivity index (χ3v) is 4.33. The van der Waals surface area contributed by atoms with Crippen LogP contribution in [0.1, 0.15) is 19.8 Å². The van der Waals surface area contributed by atoms with E-state index in [1.54, 1.807) is 0 Å². The third-order valence-electron chi connectivity index (χ3n) is 4.33. The molecular weight excluding hydrogens is 244 g/mol. The number of carbonyl (C=O) groups excluding carboxylic acids is 2. The Balaban J connectivity index is 1.98. The molecule has 0 spiro atoms. The van der Waals surface area contributed by atoms with Gasteiger partial charge in [-0.1, -0.05) is 12.2 Å². The molecule has 0 saturated carbocycles. The van der Waals surface area contributed by atoms with Gasteiger partial charge in [0, 0.05) is 17.8 Å². The highest BCUT2D eigenvalue weighted by Crippen LogP contribution is 2.27. The van der Waals surface area contributed by atoms with E-state index >= 15 is 0 Å². The van der Waals surface area contributed by atoms with E-state index in [0.717, 1.165) is 32.7 Å². The number of carbonyl (C=O) groups is 2. The molecule has 0 unspecified atom stereocenters. The van der Waals surface area contributed by atoms with Crippen LogP contribution in [0.15, 0.2) is 12.2 Å². The first-order valence-corrected chi connectivity index (χ1v) is 7.11. The lowest BCUT2D eigenvalue weighted by Crippen LogP contribution is -3.14. The standard InChI is InChI=1S/C14H22N2O3/c1-2-15-7-9-16(10-8-15)13(17)11-5-3-4-6-12(11)14(18)19/h3-4,11-12H,2,5-10H2,1H3,(H,18,19)/t11-,12-/m1/s1. The van der Waals surface area contributed by atoms with Crippen LogP contribution >= 0.6 is 0 Å². The number of nitrogens with one attached hydrogen (secondary N) is 1. The molecule has 1 saturated heterocycles. The summed E-state index contributed by atoms with van der Waals surface area (Å²) in [7, 11) is 0. The molecular formula is C14H22N2O3. The van der Waals surface area contributed by atoms with Crippen LogP contribution in [0.5, 0.6) is 0 Å². The van der Waals surface area contributed by atoms with Gasteiger partial charge in [0.25, 0.3) is 0 Å². The Bertz CT molecular complexity index is 373. The van der Waals surface area contributed by atoms with Crippen molar-refractivity contribution in [3.05, 3.63) is 12.2 Å². The Hall–Kier alpha value is -1.36. The second-order valence-corrected chi connectivity index (χ2v) is 5.40. The lowest BCUT2D eigenvalue weighted by molar-refractivity contribution is -0.902. The molecule has 2 atom stereocenters. The second kappa shape index (κ2) is 6.19. The van der Waals surface area contributed by atoms with Crippen LogP contribution in [0.3, 0.4) is 0 Å². The number of rotatable bonds is 3. The highest BCUT2D eigenvalue weighted by atomic mass is 16.4. The normalized spacial score (nSPS) is 28.4. The molecule has 1 fully saturated rings. The first-order chi connectivity index (χ1) is 9.13. The summed E-state index contributed by atoms with van der Waals surface area (Å²) in [6, 6.07) is 0. The maximum Gasteiger partial charge on any atom is 0.227 e. The largest absolute Gasteiger partial charge is 0.550 e. The van der Waals surface area contributed by atoms with Crippen LogP contribution in [0, 0.1) is 11.8 Å². The number of amides is 1. The Labute approximate surface area is 113 Å². The number of carboxylic acid groups (broad SMARTS) is 1. The summed E-state index contributed by atoms with van der Waals surface area (Å²) in [6.45, 7) is 6.62. The van der Waals surface area contributed by atoms with E-state index in [1.165, 1.54) is 4.90 Å². The van der Waals surface area contributed by atoms with Gasteiger partial charge in [-0.05, 0) is 19.8 Å². The number of quaternary nitrogens is 1. The molecule has 1 aliphatic carbocycles. The van der Waals surface area contributed by atoms with Crippen LogP contribution in [0.2, 0.25) is 0 Å². The summed E-state index contributed by atoms with van der Waals surface area (Å²) in [5.74, 6) is -2.19. The van der Waals surface area contributed by atoms with Gasteiger partial charge in [-0.15, -0.1) is 0 Å². The van der Waals surface area contributed by atoms with E-state index in [2.05, 4.69) is 6.92 Å². The molecule has 0 aromatic rings. The molecule has 0 aromatic heterocycles. The molecule has 106 valence electrons. The van der Waals surface area contributed by atoms with E-state index in [1.807, 2.05) is 17.1 Å². The van der Waals surface area contributed by atoms with Crippen LogP contribution in [-0.2, 0) is 9.59 Å². The molecule has 2 rings (SSSR count). The van der Waals surface area contributed by atoms with Crippen molar-refractivity contribution in [3.8, 4) is 0 Å². The number of nitrogens with zero attached hydrogens (tertiary/aromatic N) is 1. The van der Waals surface area contributed by atoms with Crippen LogP contribution in [-0.4, -0.2) is 49.5 Å². The Morgan fingerprint density at radius 3 is 2.32 bits per heavy atom. The van der Waals surface area contributed by atoms with Crippen molar-refractivity contribution >= 4 is 11.9 Å². The van der Waals surface area contributed by atoms with Crippen molar-refractivity contribution in [2.75, 3.05) is 32.7 Å². The second-order valence-electron chi connectivity index (χ2n) is 5.40.